The van der Waals surface area contributed by atoms with Crippen LogP contribution in [-0.4, -0.2) is 46.8 Å². The average molecular weight is 256 g/mol. The Hall–Kier alpha value is 0.0300. The summed E-state index contributed by atoms with van der Waals surface area (Å²) in [4.78, 5) is 0. The highest BCUT2D eigenvalue weighted by Crippen LogP contribution is 2.48. The van der Waals surface area contributed by atoms with E-state index >= 15 is 0 Å². The highest BCUT2D eigenvalue weighted by molar-refractivity contribution is 7.48. The zero-order valence-electron chi connectivity index (χ0n) is 10.1. The molecular formula is C9H21O6P. The number of hydrogen-bond acceptors (Lipinski definition) is 6. The van der Waals surface area contributed by atoms with Crippen LogP contribution in [0.4, 0.5) is 0 Å². The van der Waals surface area contributed by atoms with Crippen molar-refractivity contribution in [2.45, 2.75) is 13.8 Å². The fourth-order valence-corrected chi connectivity index (χ4v) is 2.03. The Balaban J connectivity index is 3.64. The van der Waals surface area contributed by atoms with E-state index in [9.17, 15) is 4.57 Å². The number of ether oxygens (including phenoxy) is 2. The highest BCUT2D eigenvalue weighted by atomic mass is 31.2. The van der Waals surface area contributed by atoms with E-state index in [0.29, 0.717) is 19.8 Å². The van der Waals surface area contributed by atoms with E-state index in [-0.39, 0.29) is 19.8 Å². The Labute approximate surface area is 96.8 Å². The fraction of sp³-hybridized carbons (Fsp3) is 1.00. The summed E-state index contributed by atoms with van der Waals surface area (Å²) in [7, 11) is -1.79. The Kier molecular flexibility index (Phi) is 10.2. The van der Waals surface area contributed by atoms with Crippen LogP contribution in [0.15, 0.2) is 0 Å². The minimum Gasteiger partial charge on any atom is -0.382 e. The first-order chi connectivity index (χ1) is 7.68. The van der Waals surface area contributed by atoms with Gasteiger partial charge in [-0.1, -0.05) is 0 Å². The molecule has 0 aliphatic heterocycles. The van der Waals surface area contributed by atoms with E-state index in [0.717, 1.165) is 0 Å². The highest BCUT2D eigenvalue weighted by Gasteiger charge is 2.24. The molecule has 0 rings (SSSR count). The third-order valence-corrected chi connectivity index (χ3v) is 3.13. The molecule has 0 radical (unpaired) electrons. The normalized spacial score (nSPS) is 11.9. The largest absolute Gasteiger partial charge is 0.474 e. The zero-order valence-corrected chi connectivity index (χ0v) is 11.0. The lowest BCUT2D eigenvalue weighted by Crippen LogP contribution is -2.09. The Morgan fingerprint density at radius 3 is 1.94 bits per heavy atom. The summed E-state index contributed by atoms with van der Waals surface area (Å²) in [6.07, 6.45) is 0. The molecular weight excluding hydrogens is 235 g/mol. The Morgan fingerprint density at radius 1 is 0.875 bits per heavy atom. The number of rotatable bonds is 11. The quantitative estimate of drug-likeness (QED) is 0.415. The van der Waals surface area contributed by atoms with Crippen LogP contribution in [0.5, 0.6) is 0 Å². The average Bonchev–Trinajstić information content (AvgIpc) is 2.24. The second-order valence-electron chi connectivity index (χ2n) is 2.72. The Morgan fingerprint density at radius 2 is 1.44 bits per heavy atom. The van der Waals surface area contributed by atoms with Crippen molar-refractivity contribution in [1.29, 1.82) is 0 Å². The summed E-state index contributed by atoms with van der Waals surface area (Å²) < 4.78 is 36.6. The molecule has 98 valence electrons. The molecule has 0 aromatic heterocycles. The lowest BCUT2D eigenvalue weighted by atomic mass is 10.7. The number of phosphoric ester groups is 1. The van der Waals surface area contributed by atoms with Gasteiger partial charge in [-0.15, -0.1) is 0 Å². The van der Waals surface area contributed by atoms with E-state index < -0.39 is 7.82 Å². The van der Waals surface area contributed by atoms with E-state index in [1.165, 1.54) is 0 Å². The molecule has 0 amide bonds. The van der Waals surface area contributed by atoms with Gasteiger partial charge in [-0.3, -0.25) is 13.6 Å². The van der Waals surface area contributed by atoms with Crippen molar-refractivity contribution in [1.82, 2.24) is 0 Å². The van der Waals surface area contributed by atoms with Gasteiger partial charge in [-0.2, -0.15) is 0 Å². The van der Waals surface area contributed by atoms with Crippen molar-refractivity contribution in [2.75, 3.05) is 46.8 Å². The predicted molar refractivity (Wildman–Crippen MR) is 59.5 cm³/mol. The van der Waals surface area contributed by atoms with Crippen LogP contribution < -0.4 is 0 Å². The molecule has 0 aliphatic carbocycles. The summed E-state index contributed by atoms with van der Waals surface area (Å²) in [5.74, 6) is 0. The van der Waals surface area contributed by atoms with Gasteiger partial charge < -0.3 is 9.47 Å². The SMILES string of the molecule is CCOP(=O)(OCC)OCCOCCOC. The molecule has 6 nitrogen and oxygen atoms in total. The molecule has 0 aromatic rings. The lowest BCUT2D eigenvalue weighted by molar-refractivity contribution is 0.0408. The monoisotopic (exact) mass is 256 g/mol. The first-order valence-corrected chi connectivity index (χ1v) is 6.75. The van der Waals surface area contributed by atoms with Gasteiger partial charge >= 0.3 is 7.82 Å². The van der Waals surface area contributed by atoms with Crippen LogP contribution in [-0.2, 0) is 27.6 Å². The van der Waals surface area contributed by atoms with E-state index in [4.69, 9.17) is 23.0 Å². The lowest BCUT2D eigenvalue weighted by Gasteiger charge is -2.16. The van der Waals surface area contributed by atoms with Crippen molar-refractivity contribution in [2.24, 2.45) is 0 Å². The van der Waals surface area contributed by atoms with Crippen molar-refractivity contribution < 1.29 is 27.6 Å². The topological polar surface area (TPSA) is 63.2 Å². The van der Waals surface area contributed by atoms with Gasteiger partial charge in [0.1, 0.15) is 0 Å². The summed E-state index contributed by atoms with van der Waals surface area (Å²) in [6, 6.07) is 0. The van der Waals surface area contributed by atoms with E-state index in [2.05, 4.69) is 0 Å². The van der Waals surface area contributed by atoms with Gasteiger partial charge in [0, 0.05) is 7.11 Å². The third-order valence-electron chi connectivity index (χ3n) is 1.48. The van der Waals surface area contributed by atoms with Crippen LogP contribution in [0.3, 0.4) is 0 Å². The molecule has 0 unspecified atom stereocenters. The van der Waals surface area contributed by atoms with E-state index in [1.54, 1.807) is 21.0 Å². The van der Waals surface area contributed by atoms with Gasteiger partial charge in [-0.05, 0) is 13.8 Å². The molecule has 0 heterocycles. The molecule has 0 saturated heterocycles. The third kappa shape index (κ3) is 8.21. The van der Waals surface area contributed by atoms with Gasteiger partial charge in [0.05, 0.1) is 39.6 Å². The molecule has 16 heavy (non-hydrogen) atoms. The maximum atomic E-state index is 11.8. The van der Waals surface area contributed by atoms with Crippen LogP contribution in [0.1, 0.15) is 13.8 Å². The number of hydrogen-bond donors (Lipinski definition) is 0. The first-order valence-electron chi connectivity index (χ1n) is 5.28. The minimum atomic E-state index is -3.39. The number of phosphoric acid groups is 1. The van der Waals surface area contributed by atoms with Crippen molar-refractivity contribution in [3.63, 3.8) is 0 Å². The molecule has 0 aromatic carbocycles. The molecule has 0 N–H and O–H groups in total. The molecule has 0 atom stereocenters. The molecule has 0 saturated carbocycles. The standard InChI is InChI=1S/C9H21O6P/c1-4-13-16(10,14-5-2)15-9-8-12-7-6-11-3/h4-9H2,1-3H3. The molecule has 0 bridgehead atoms. The molecule has 0 aliphatic rings. The van der Waals surface area contributed by atoms with Crippen LogP contribution >= 0.6 is 7.82 Å². The van der Waals surface area contributed by atoms with Crippen LogP contribution in [0.25, 0.3) is 0 Å². The first kappa shape index (κ1) is 16.0. The van der Waals surface area contributed by atoms with Gasteiger partial charge in [0.15, 0.2) is 0 Å². The van der Waals surface area contributed by atoms with Gasteiger partial charge in [0.2, 0.25) is 0 Å². The zero-order chi connectivity index (χ0) is 12.3. The van der Waals surface area contributed by atoms with E-state index in [1.807, 2.05) is 0 Å². The minimum absolute atomic E-state index is 0.168. The second kappa shape index (κ2) is 10.2. The van der Waals surface area contributed by atoms with Crippen LogP contribution in [0, 0.1) is 0 Å². The summed E-state index contributed by atoms with van der Waals surface area (Å²) in [5.41, 5.74) is 0. The van der Waals surface area contributed by atoms with Crippen molar-refractivity contribution in [3.05, 3.63) is 0 Å². The summed E-state index contributed by atoms with van der Waals surface area (Å²) in [5, 5.41) is 0. The van der Waals surface area contributed by atoms with Crippen molar-refractivity contribution >= 4 is 7.82 Å². The molecule has 0 fully saturated rings. The Bertz CT molecular complexity index is 188. The molecule has 0 spiro atoms. The predicted octanol–water partition coefficient (Wildman–Crippen LogP) is 1.85. The molecule has 7 heteroatoms. The fourth-order valence-electron chi connectivity index (χ4n) is 0.880. The van der Waals surface area contributed by atoms with Gasteiger partial charge in [0.25, 0.3) is 0 Å². The van der Waals surface area contributed by atoms with Gasteiger partial charge in [-0.25, -0.2) is 4.57 Å². The smallest absolute Gasteiger partial charge is 0.382 e. The summed E-state index contributed by atoms with van der Waals surface area (Å²) in [6.45, 7) is 5.51. The number of methoxy groups -OCH3 is 1. The van der Waals surface area contributed by atoms with Crippen molar-refractivity contribution in [3.8, 4) is 0 Å². The van der Waals surface area contributed by atoms with Crippen LogP contribution in [0.2, 0.25) is 0 Å². The maximum Gasteiger partial charge on any atom is 0.474 e. The second-order valence-corrected chi connectivity index (χ2v) is 4.39. The maximum absolute atomic E-state index is 11.8. The summed E-state index contributed by atoms with van der Waals surface area (Å²) >= 11 is 0.